The van der Waals surface area contributed by atoms with Gasteiger partial charge in [-0.1, -0.05) is 13.8 Å². The topological polar surface area (TPSA) is 41.5 Å². The molecule has 0 fully saturated rings. The van der Waals surface area contributed by atoms with Crippen molar-refractivity contribution in [3.63, 3.8) is 0 Å². The van der Waals surface area contributed by atoms with Crippen LogP contribution < -0.4 is 5.32 Å². The van der Waals surface area contributed by atoms with E-state index in [2.05, 4.69) is 10.3 Å². The molecule has 1 N–H and O–H groups in total. The third-order valence-corrected chi connectivity index (χ3v) is 1.18. The Bertz CT molecular complexity index is 171. The molecule has 0 aromatic carbocycles. The highest BCUT2D eigenvalue weighted by Gasteiger charge is 2.00. The van der Waals surface area contributed by atoms with Crippen molar-refractivity contribution in [1.82, 2.24) is 5.32 Å². The average Bonchev–Trinajstić information content (AvgIpc) is 1.97. The highest BCUT2D eigenvalue weighted by molar-refractivity contribution is 6.29. The number of aldehydes is 1. The highest BCUT2D eigenvalue weighted by atomic mass is 16.1. The van der Waals surface area contributed by atoms with Gasteiger partial charge in [-0.25, -0.2) is 0 Å². The molecule has 0 saturated heterocycles. The lowest BCUT2D eigenvalue weighted by molar-refractivity contribution is -0.102. The van der Waals surface area contributed by atoms with Crippen LogP contribution in [-0.2, 0) is 4.79 Å². The Balaban J connectivity index is 4.12. The van der Waals surface area contributed by atoms with E-state index >= 15 is 0 Å². The third-order valence-electron chi connectivity index (χ3n) is 1.18. The second kappa shape index (κ2) is 5.65. The second-order valence-electron chi connectivity index (χ2n) is 2.43. The van der Waals surface area contributed by atoms with Crippen LogP contribution in [0.5, 0.6) is 0 Å². The van der Waals surface area contributed by atoms with Gasteiger partial charge < -0.3 is 5.32 Å². The normalized spacial score (nSPS) is 12.5. The van der Waals surface area contributed by atoms with E-state index in [0.717, 1.165) is 6.29 Å². The zero-order valence-corrected chi connectivity index (χ0v) is 7.16. The molecular weight excluding hydrogens is 140 g/mol. The van der Waals surface area contributed by atoms with Crippen LogP contribution in [0.15, 0.2) is 17.4 Å². The van der Waals surface area contributed by atoms with E-state index in [1.54, 1.807) is 19.4 Å². The first-order valence-corrected chi connectivity index (χ1v) is 3.57. The van der Waals surface area contributed by atoms with Crippen molar-refractivity contribution in [1.29, 1.82) is 0 Å². The van der Waals surface area contributed by atoms with E-state index in [1.807, 2.05) is 13.8 Å². The van der Waals surface area contributed by atoms with Gasteiger partial charge >= 0.3 is 0 Å². The summed E-state index contributed by atoms with van der Waals surface area (Å²) in [5.74, 6) is 0.189. The van der Waals surface area contributed by atoms with E-state index in [-0.39, 0.29) is 5.92 Å². The van der Waals surface area contributed by atoms with Crippen molar-refractivity contribution in [3.05, 3.63) is 12.4 Å². The minimum atomic E-state index is 0.189. The Hall–Kier alpha value is -1.12. The summed E-state index contributed by atoms with van der Waals surface area (Å²) in [6.45, 7) is 3.86. The summed E-state index contributed by atoms with van der Waals surface area (Å²) in [4.78, 5) is 14.3. The Kier molecular flexibility index (Phi) is 5.07. The van der Waals surface area contributed by atoms with Crippen molar-refractivity contribution in [3.8, 4) is 0 Å². The van der Waals surface area contributed by atoms with E-state index < -0.39 is 0 Å². The molecule has 0 unspecified atom stereocenters. The Morgan fingerprint density at radius 2 is 2.18 bits per heavy atom. The van der Waals surface area contributed by atoms with E-state index in [1.165, 1.54) is 0 Å². The molecule has 3 heteroatoms. The number of aliphatic imine (C=N–C) groups is 1. The van der Waals surface area contributed by atoms with Crippen LogP contribution in [-0.4, -0.2) is 19.0 Å². The summed E-state index contributed by atoms with van der Waals surface area (Å²) in [6.07, 6.45) is 4.03. The zero-order valence-electron chi connectivity index (χ0n) is 7.16. The standard InChI is InChI=1S/C8H14N2O/c1-7(2)8(6-11)10-5-4-9-3/h4-7,9H,1-3H3/b5-4-,10-8?. The van der Waals surface area contributed by atoms with Gasteiger partial charge in [-0.15, -0.1) is 0 Å². The van der Waals surface area contributed by atoms with Crippen LogP contribution >= 0.6 is 0 Å². The first-order chi connectivity index (χ1) is 5.22. The number of carbonyl (C=O) groups is 1. The molecule has 0 atom stereocenters. The van der Waals surface area contributed by atoms with Crippen LogP contribution in [0.1, 0.15) is 13.8 Å². The fraction of sp³-hybridized carbons (Fsp3) is 0.500. The molecule has 0 bridgehead atoms. The summed E-state index contributed by atoms with van der Waals surface area (Å²) in [6, 6.07) is 0. The monoisotopic (exact) mass is 154 g/mol. The number of hydrogen-bond donors (Lipinski definition) is 1. The van der Waals surface area contributed by atoms with Crippen molar-refractivity contribution in [2.75, 3.05) is 7.05 Å². The molecular formula is C8H14N2O. The molecule has 0 saturated carbocycles. The van der Waals surface area contributed by atoms with Crippen molar-refractivity contribution < 1.29 is 4.79 Å². The SMILES string of the molecule is CN/C=C\N=C(C=O)C(C)C. The van der Waals surface area contributed by atoms with Gasteiger partial charge in [-0.05, 0) is 5.92 Å². The van der Waals surface area contributed by atoms with Gasteiger partial charge in [0.15, 0.2) is 6.29 Å². The average molecular weight is 154 g/mol. The fourth-order valence-electron chi connectivity index (χ4n) is 0.513. The van der Waals surface area contributed by atoms with Crippen molar-refractivity contribution in [2.24, 2.45) is 10.9 Å². The summed E-state index contributed by atoms with van der Waals surface area (Å²) in [5.41, 5.74) is 0.566. The lowest BCUT2D eigenvalue weighted by Crippen LogP contribution is -2.07. The predicted molar refractivity (Wildman–Crippen MR) is 46.5 cm³/mol. The van der Waals surface area contributed by atoms with Gasteiger partial charge in [0.1, 0.15) is 0 Å². The molecule has 0 spiro atoms. The summed E-state index contributed by atoms with van der Waals surface area (Å²) >= 11 is 0. The Morgan fingerprint density at radius 1 is 1.55 bits per heavy atom. The first kappa shape index (κ1) is 9.88. The minimum Gasteiger partial charge on any atom is -0.393 e. The van der Waals surface area contributed by atoms with E-state index in [0.29, 0.717) is 5.71 Å². The molecule has 0 rings (SSSR count). The van der Waals surface area contributed by atoms with Gasteiger partial charge in [0.05, 0.1) is 5.71 Å². The van der Waals surface area contributed by atoms with Crippen molar-refractivity contribution >= 4 is 12.0 Å². The number of nitrogens with zero attached hydrogens (tertiary/aromatic N) is 1. The largest absolute Gasteiger partial charge is 0.393 e. The third kappa shape index (κ3) is 4.31. The molecule has 0 aromatic rings. The molecule has 0 aliphatic heterocycles. The van der Waals surface area contributed by atoms with E-state index in [9.17, 15) is 4.79 Å². The fourth-order valence-corrected chi connectivity index (χ4v) is 0.513. The lowest BCUT2D eigenvalue weighted by atomic mass is 10.1. The van der Waals surface area contributed by atoms with Crippen LogP contribution in [0.4, 0.5) is 0 Å². The number of carbonyl (C=O) groups excluding carboxylic acids is 1. The molecule has 11 heavy (non-hydrogen) atoms. The molecule has 0 aliphatic rings. The molecule has 0 heterocycles. The summed E-state index contributed by atoms with van der Waals surface area (Å²) in [5, 5.41) is 2.78. The van der Waals surface area contributed by atoms with Gasteiger partial charge in [0.25, 0.3) is 0 Å². The maximum absolute atomic E-state index is 10.4. The summed E-state index contributed by atoms with van der Waals surface area (Å²) in [7, 11) is 1.78. The molecule has 62 valence electrons. The van der Waals surface area contributed by atoms with Crippen LogP contribution in [0.2, 0.25) is 0 Å². The van der Waals surface area contributed by atoms with Gasteiger partial charge in [0.2, 0.25) is 0 Å². The van der Waals surface area contributed by atoms with Gasteiger partial charge in [-0.3, -0.25) is 9.79 Å². The Morgan fingerprint density at radius 3 is 2.55 bits per heavy atom. The number of nitrogens with one attached hydrogen (secondary N) is 1. The Labute approximate surface area is 67.2 Å². The summed E-state index contributed by atoms with van der Waals surface area (Å²) < 4.78 is 0. The van der Waals surface area contributed by atoms with Crippen LogP contribution in [0.25, 0.3) is 0 Å². The van der Waals surface area contributed by atoms with Crippen LogP contribution in [0.3, 0.4) is 0 Å². The maximum Gasteiger partial charge on any atom is 0.164 e. The zero-order chi connectivity index (χ0) is 8.69. The van der Waals surface area contributed by atoms with Gasteiger partial charge in [0, 0.05) is 19.4 Å². The molecule has 0 aromatic heterocycles. The highest BCUT2D eigenvalue weighted by Crippen LogP contribution is 1.94. The smallest absolute Gasteiger partial charge is 0.164 e. The molecule has 0 radical (unpaired) electrons. The number of hydrogen-bond acceptors (Lipinski definition) is 3. The number of rotatable bonds is 4. The van der Waals surface area contributed by atoms with E-state index in [4.69, 9.17) is 0 Å². The van der Waals surface area contributed by atoms with Gasteiger partial charge in [-0.2, -0.15) is 0 Å². The predicted octanol–water partition coefficient (Wildman–Crippen LogP) is 0.973. The minimum absolute atomic E-state index is 0.189. The second-order valence-corrected chi connectivity index (χ2v) is 2.43. The lowest BCUT2D eigenvalue weighted by Gasteiger charge is -1.98. The first-order valence-electron chi connectivity index (χ1n) is 3.57. The van der Waals surface area contributed by atoms with Crippen molar-refractivity contribution in [2.45, 2.75) is 13.8 Å². The molecule has 0 aliphatic carbocycles. The van der Waals surface area contributed by atoms with Crippen LogP contribution in [0, 0.1) is 5.92 Å². The maximum atomic E-state index is 10.4. The molecule has 0 amide bonds. The molecule has 3 nitrogen and oxygen atoms in total. The quantitative estimate of drug-likeness (QED) is 0.484.